The summed E-state index contributed by atoms with van der Waals surface area (Å²) in [5, 5.41) is 5.47. The zero-order valence-corrected chi connectivity index (χ0v) is 25.6. The Morgan fingerprint density at radius 3 is 2.24 bits per heavy atom. The third kappa shape index (κ3) is 4.04. The molecule has 1 aliphatic carbocycles. The normalized spacial score (nSPS) is 14.3. The topological polar surface area (TPSA) is 44.9 Å². The van der Waals surface area contributed by atoms with Gasteiger partial charge in [0, 0.05) is 0 Å². The van der Waals surface area contributed by atoms with Crippen LogP contribution in [0.15, 0.2) is 42.5 Å². The van der Waals surface area contributed by atoms with Gasteiger partial charge in [-0.15, -0.1) is 0 Å². The molecule has 6 rings (SSSR count). The molecule has 1 aromatic heterocycles. The number of H-pyrrole nitrogens is 1. The van der Waals surface area contributed by atoms with Gasteiger partial charge in [0.2, 0.25) is 0 Å². The van der Waals surface area contributed by atoms with Gasteiger partial charge in [-0.1, -0.05) is 0 Å². The van der Waals surface area contributed by atoms with Crippen molar-refractivity contribution < 1.29 is 4.79 Å². The molecule has 2 aliphatic rings. The zero-order chi connectivity index (χ0) is 25.6. The van der Waals surface area contributed by atoms with E-state index < -0.39 is 18.4 Å². The van der Waals surface area contributed by atoms with Crippen LogP contribution >= 0.6 is 0 Å². The summed E-state index contributed by atoms with van der Waals surface area (Å²) in [6.07, 6.45) is 8.97. The number of para-hydroxylation sites is 1. The zero-order valence-electron chi connectivity index (χ0n) is 22.7. The quantitative estimate of drug-likeness (QED) is 0.156. The first kappa shape index (κ1) is 25.0. The summed E-state index contributed by atoms with van der Waals surface area (Å²) < 4.78 is 6.18. The molecule has 2 heterocycles. The summed E-state index contributed by atoms with van der Waals surface area (Å²) in [4.78, 5) is 16.9. The number of aromatic nitrogens is 1. The van der Waals surface area contributed by atoms with Crippen molar-refractivity contribution in [1.82, 2.24) is 10.3 Å². The maximum atomic E-state index is 13.2. The molecule has 0 unspecified atom stereocenters. The van der Waals surface area contributed by atoms with Crippen molar-refractivity contribution in [2.45, 2.75) is 85.6 Å². The average Bonchev–Trinajstić information content (AvgIpc) is 3.61. The number of nitrogens with one attached hydrogen (secondary N) is 2. The Balaban J connectivity index is 1.56. The summed E-state index contributed by atoms with van der Waals surface area (Å²) >= 11 is -2.56. The van der Waals surface area contributed by atoms with Gasteiger partial charge >= 0.3 is 226 Å². The molecule has 0 saturated carbocycles. The average molecular weight is 599 g/mol. The van der Waals surface area contributed by atoms with Crippen molar-refractivity contribution in [2.75, 3.05) is 0 Å². The molecule has 3 aromatic carbocycles. The van der Waals surface area contributed by atoms with Crippen LogP contribution in [0.4, 0.5) is 0 Å². The van der Waals surface area contributed by atoms with Gasteiger partial charge in [0.25, 0.3) is 0 Å². The van der Waals surface area contributed by atoms with Crippen LogP contribution in [-0.2, 0) is 13.0 Å². The van der Waals surface area contributed by atoms with E-state index in [-0.39, 0.29) is 5.91 Å². The first-order chi connectivity index (χ1) is 18.1. The number of hydrogen-bond acceptors (Lipinski definition) is 1. The number of fused-ring (bicyclic) bond motifs is 10. The van der Waals surface area contributed by atoms with Gasteiger partial charge in [-0.3, -0.25) is 0 Å². The number of hydrogen-bond donors (Lipinski definition) is 2. The van der Waals surface area contributed by atoms with E-state index in [9.17, 15) is 4.79 Å². The molecule has 0 bridgehead atoms. The van der Waals surface area contributed by atoms with Gasteiger partial charge in [0.1, 0.15) is 0 Å². The van der Waals surface area contributed by atoms with Crippen LogP contribution in [0.1, 0.15) is 86.3 Å². The molecule has 0 radical (unpaired) electrons. The van der Waals surface area contributed by atoms with Gasteiger partial charge in [0.05, 0.1) is 0 Å². The Bertz CT molecular complexity index is 1480. The molecule has 1 aliphatic heterocycles. The fourth-order valence-electron chi connectivity index (χ4n) is 7.23. The molecular weight excluding hydrogens is 559 g/mol. The van der Waals surface area contributed by atoms with Crippen LogP contribution in [0.5, 0.6) is 0 Å². The van der Waals surface area contributed by atoms with E-state index in [1.165, 1.54) is 90.6 Å². The Morgan fingerprint density at radius 1 is 0.838 bits per heavy atom. The Morgan fingerprint density at radius 2 is 1.54 bits per heavy atom. The predicted molar refractivity (Wildman–Crippen MR) is 160 cm³/mol. The number of rotatable bonds is 10. The fourth-order valence-corrected chi connectivity index (χ4v) is 23.2. The van der Waals surface area contributed by atoms with Crippen LogP contribution in [0.2, 0.25) is 13.3 Å². The van der Waals surface area contributed by atoms with E-state index in [0.29, 0.717) is 6.54 Å². The summed E-state index contributed by atoms with van der Waals surface area (Å²) in [7, 11) is 0. The molecule has 0 saturated heterocycles. The van der Waals surface area contributed by atoms with Crippen molar-refractivity contribution in [3.05, 3.63) is 64.7 Å². The molecule has 0 fully saturated rings. The molecule has 192 valence electrons. The molecule has 1 amide bonds. The molecule has 4 aromatic rings. The minimum absolute atomic E-state index is 0.0829. The van der Waals surface area contributed by atoms with Gasteiger partial charge in [0.15, 0.2) is 0 Å². The van der Waals surface area contributed by atoms with Gasteiger partial charge in [-0.05, 0) is 0 Å². The molecule has 0 atom stereocenters. The second-order valence-electron chi connectivity index (χ2n) is 11.5. The van der Waals surface area contributed by atoms with Gasteiger partial charge in [-0.2, -0.15) is 0 Å². The molecule has 4 heteroatoms. The number of amides is 1. The van der Waals surface area contributed by atoms with Crippen molar-refractivity contribution in [3.63, 3.8) is 0 Å². The van der Waals surface area contributed by atoms with Crippen LogP contribution in [-0.4, -0.2) is 29.3 Å². The molecular formula is C33H40N2OSn. The van der Waals surface area contributed by atoms with Gasteiger partial charge < -0.3 is 0 Å². The summed E-state index contributed by atoms with van der Waals surface area (Å²) in [5.74, 6) is 0.0829. The Hall–Kier alpha value is -2.27. The number of unbranched alkanes of at least 4 members (excludes halogenated alkanes) is 3. The van der Waals surface area contributed by atoms with E-state index in [0.717, 1.165) is 22.9 Å². The second-order valence-corrected chi connectivity index (χ2v) is 24.7. The fraction of sp³-hybridized carbons (Fsp3) is 0.424. The third-order valence-corrected chi connectivity index (χ3v) is 24.8. The van der Waals surface area contributed by atoms with Crippen LogP contribution in [0.25, 0.3) is 32.9 Å². The van der Waals surface area contributed by atoms with Gasteiger partial charge in [-0.25, -0.2) is 0 Å². The van der Waals surface area contributed by atoms with Crippen LogP contribution in [0, 0.1) is 0 Å². The van der Waals surface area contributed by atoms with E-state index in [1.807, 2.05) is 0 Å². The van der Waals surface area contributed by atoms with Crippen molar-refractivity contribution in [1.29, 1.82) is 0 Å². The number of carbonyl (C=O) groups is 1. The predicted octanol–water partition coefficient (Wildman–Crippen LogP) is 8.19. The number of aromatic amines is 1. The number of carbonyl (C=O) groups excluding carboxylic acids is 1. The SMILES string of the molecule is CCC[CH2][Sn]([CH2]CCC)([CH2]CCC)[c]1ccc2c(c1)-c1c3c(c4c([nH]c5ccccc54)c1C2)C(=O)NC3. The maximum absolute atomic E-state index is 13.2. The summed E-state index contributed by atoms with van der Waals surface area (Å²) in [6, 6.07) is 16.1. The molecule has 2 N–H and O–H groups in total. The molecule has 3 nitrogen and oxygen atoms in total. The first-order valence-corrected chi connectivity index (χ1v) is 22.1. The van der Waals surface area contributed by atoms with Crippen molar-refractivity contribution in [2.24, 2.45) is 0 Å². The number of benzene rings is 3. The monoisotopic (exact) mass is 600 g/mol. The first-order valence-electron chi connectivity index (χ1n) is 14.6. The van der Waals surface area contributed by atoms with E-state index in [1.54, 1.807) is 3.58 Å². The Labute approximate surface area is 225 Å². The van der Waals surface area contributed by atoms with Crippen molar-refractivity contribution in [3.8, 4) is 11.1 Å². The van der Waals surface area contributed by atoms with Crippen molar-refractivity contribution >= 4 is 49.7 Å². The molecule has 0 spiro atoms. The second kappa shape index (κ2) is 10.1. The summed E-state index contributed by atoms with van der Waals surface area (Å²) in [5.41, 5.74) is 10.0. The standard InChI is InChI=1S/C21H13N2O.3C4H9.Sn/c24-21-19-15(10-22-21)17-12-6-2-1-5-11(12)9-14(17)20-18(19)13-7-3-4-8-16(13)23-20;3*1-3-4-2;/h1,3-8,23H,9-10H2,(H,22,24);3*1,3-4H2,2H3;. The summed E-state index contributed by atoms with van der Waals surface area (Å²) in [6.45, 7) is 7.71. The third-order valence-electron chi connectivity index (χ3n) is 9.20. The molecule has 37 heavy (non-hydrogen) atoms. The minimum atomic E-state index is -2.56. The Kier molecular flexibility index (Phi) is 6.85. The van der Waals surface area contributed by atoms with E-state index >= 15 is 0 Å². The van der Waals surface area contributed by atoms with E-state index in [4.69, 9.17) is 0 Å². The van der Waals surface area contributed by atoms with E-state index in [2.05, 4.69) is 73.5 Å². The van der Waals surface area contributed by atoms with Crippen LogP contribution in [0.3, 0.4) is 0 Å². The van der Waals surface area contributed by atoms with Crippen LogP contribution < -0.4 is 8.90 Å².